The van der Waals surface area contributed by atoms with Gasteiger partial charge in [-0.1, -0.05) is 37.6 Å². The van der Waals surface area contributed by atoms with Crippen LogP contribution >= 0.6 is 11.8 Å². The zero-order valence-corrected chi connectivity index (χ0v) is 11.3. The molecule has 1 rings (SSSR count). The van der Waals surface area contributed by atoms with Crippen LogP contribution in [-0.2, 0) is 4.79 Å². The van der Waals surface area contributed by atoms with E-state index in [2.05, 4.69) is 44.7 Å². The first-order valence-corrected chi connectivity index (χ1v) is 6.75. The largest absolute Gasteiger partial charge is 0.309 e. The van der Waals surface area contributed by atoms with Gasteiger partial charge < -0.3 is 4.90 Å². The lowest BCUT2D eigenvalue weighted by Crippen LogP contribution is -2.19. The highest BCUT2D eigenvalue weighted by atomic mass is 32.2. The van der Waals surface area contributed by atoms with Crippen LogP contribution in [0.1, 0.15) is 25.3 Å². The summed E-state index contributed by atoms with van der Waals surface area (Å²) in [4.78, 5) is 13.8. The molecule has 17 heavy (non-hydrogen) atoms. The van der Waals surface area contributed by atoms with Crippen LogP contribution in [0.5, 0.6) is 0 Å². The second-order valence-corrected chi connectivity index (χ2v) is 5.00. The molecule has 2 nitrogen and oxygen atoms in total. The van der Waals surface area contributed by atoms with Crippen molar-refractivity contribution in [2.45, 2.75) is 31.6 Å². The van der Waals surface area contributed by atoms with Gasteiger partial charge >= 0.3 is 0 Å². The lowest BCUT2D eigenvalue weighted by atomic mass is 10.2. The predicted molar refractivity (Wildman–Crippen MR) is 73.9 cm³/mol. The van der Waals surface area contributed by atoms with Crippen molar-refractivity contribution in [1.82, 2.24) is 4.90 Å². The minimum absolute atomic E-state index is 0.630. The number of hydrogen-bond donors (Lipinski definition) is 0. The standard InChI is InChI=1S/C14H19NOS/c1-4-5-13(3)15(10-16)11-17-14-8-6-12(2)7-9-14/h6-10H,3-5,11H2,1-2H3. The van der Waals surface area contributed by atoms with Crippen LogP contribution < -0.4 is 0 Å². The Morgan fingerprint density at radius 1 is 1.41 bits per heavy atom. The number of amides is 1. The summed E-state index contributed by atoms with van der Waals surface area (Å²) in [5.41, 5.74) is 2.14. The number of carbonyl (C=O) groups is 1. The summed E-state index contributed by atoms with van der Waals surface area (Å²) in [7, 11) is 0. The summed E-state index contributed by atoms with van der Waals surface area (Å²) in [5, 5.41) is 0. The maximum absolute atomic E-state index is 10.9. The Kier molecular flexibility index (Phi) is 5.84. The van der Waals surface area contributed by atoms with E-state index in [1.165, 1.54) is 10.5 Å². The number of rotatable bonds is 7. The van der Waals surface area contributed by atoms with Gasteiger partial charge in [0.15, 0.2) is 0 Å². The molecule has 0 fully saturated rings. The highest BCUT2D eigenvalue weighted by molar-refractivity contribution is 7.99. The zero-order chi connectivity index (χ0) is 12.7. The van der Waals surface area contributed by atoms with Crippen LogP contribution in [0.25, 0.3) is 0 Å². The number of hydrogen-bond acceptors (Lipinski definition) is 2. The van der Waals surface area contributed by atoms with Gasteiger partial charge in [-0.05, 0) is 25.5 Å². The van der Waals surface area contributed by atoms with Crippen molar-refractivity contribution in [3.63, 3.8) is 0 Å². The molecule has 0 saturated heterocycles. The fraction of sp³-hybridized carbons (Fsp3) is 0.357. The van der Waals surface area contributed by atoms with Crippen molar-refractivity contribution >= 4 is 18.2 Å². The van der Waals surface area contributed by atoms with E-state index in [0.717, 1.165) is 24.9 Å². The average molecular weight is 249 g/mol. The fourth-order valence-electron chi connectivity index (χ4n) is 1.41. The van der Waals surface area contributed by atoms with Crippen molar-refractivity contribution < 1.29 is 4.79 Å². The molecule has 0 heterocycles. The van der Waals surface area contributed by atoms with Crippen LogP contribution in [-0.4, -0.2) is 17.2 Å². The zero-order valence-electron chi connectivity index (χ0n) is 10.5. The van der Waals surface area contributed by atoms with Gasteiger partial charge in [0.1, 0.15) is 0 Å². The molecule has 0 unspecified atom stereocenters. The highest BCUT2D eigenvalue weighted by Gasteiger charge is 2.05. The molecule has 0 aliphatic carbocycles. The summed E-state index contributed by atoms with van der Waals surface area (Å²) in [6, 6.07) is 8.31. The number of nitrogens with zero attached hydrogens (tertiary/aromatic N) is 1. The Hall–Kier alpha value is -1.22. The van der Waals surface area contributed by atoms with Gasteiger partial charge in [-0.3, -0.25) is 4.79 Å². The third-order valence-corrected chi connectivity index (χ3v) is 3.48. The normalized spacial score (nSPS) is 10.0. The third-order valence-electron chi connectivity index (χ3n) is 2.46. The van der Waals surface area contributed by atoms with Crippen molar-refractivity contribution in [1.29, 1.82) is 0 Å². The van der Waals surface area contributed by atoms with Gasteiger partial charge in [0.05, 0.1) is 5.88 Å². The van der Waals surface area contributed by atoms with E-state index < -0.39 is 0 Å². The Morgan fingerprint density at radius 3 is 2.59 bits per heavy atom. The monoisotopic (exact) mass is 249 g/mol. The third kappa shape index (κ3) is 4.65. The van der Waals surface area contributed by atoms with Crippen LogP contribution in [0.2, 0.25) is 0 Å². The molecular formula is C14H19NOS. The molecule has 0 aromatic heterocycles. The van der Waals surface area contributed by atoms with E-state index in [1.807, 2.05) is 0 Å². The smallest absolute Gasteiger partial charge is 0.214 e. The minimum atomic E-state index is 0.630. The second kappa shape index (κ2) is 7.17. The summed E-state index contributed by atoms with van der Waals surface area (Å²) in [6.45, 7) is 8.07. The van der Waals surface area contributed by atoms with Crippen LogP contribution in [0.3, 0.4) is 0 Å². The van der Waals surface area contributed by atoms with E-state index in [0.29, 0.717) is 5.88 Å². The van der Waals surface area contributed by atoms with Gasteiger partial charge in [-0.2, -0.15) is 0 Å². The van der Waals surface area contributed by atoms with Crippen molar-refractivity contribution in [2.24, 2.45) is 0 Å². The second-order valence-electron chi connectivity index (χ2n) is 3.98. The van der Waals surface area contributed by atoms with Gasteiger partial charge in [-0.15, -0.1) is 11.8 Å². The molecule has 92 valence electrons. The fourth-order valence-corrected chi connectivity index (χ4v) is 2.27. The molecule has 0 radical (unpaired) electrons. The minimum Gasteiger partial charge on any atom is -0.309 e. The Bertz CT molecular complexity index is 372. The van der Waals surface area contributed by atoms with E-state index >= 15 is 0 Å². The van der Waals surface area contributed by atoms with Crippen molar-refractivity contribution in [3.05, 3.63) is 42.1 Å². The van der Waals surface area contributed by atoms with Crippen molar-refractivity contribution in [3.8, 4) is 0 Å². The Labute approximate surface area is 108 Å². The molecule has 0 aliphatic heterocycles. The molecule has 1 aromatic rings. The predicted octanol–water partition coefficient (Wildman–Crippen LogP) is 3.82. The van der Waals surface area contributed by atoms with E-state index in [-0.39, 0.29) is 0 Å². The molecule has 0 bridgehead atoms. The van der Waals surface area contributed by atoms with E-state index in [1.54, 1.807) is 16.7 Å². The molecular weight excluding hydrogens is 230 g/mol. The first kappa shape index (κ1) is 13.8. The number of allylic oxidation sites excluding steroid dienone is 1. The quantitative estimate of drug-likeness (QED) is 0.416. The van der Waals surface area contributed by atoms with Crippen LogP contribution in [0.4, 0.5) is 0 Å². The van der Waals surface area contributed by atoms with Gasteiger partial charge in [0, 0.05) is 10.6 Å². The van der Waals surface area contributed by atoms with E-state index in [4.69, 9.17) is 0 Å². The average Bonchev–Trinajstić information content (AvgIpc) is 2.32. The topological polar surface area (TPSA) is 20.3 Å². The number of carbonyl (C=O) groups excluding carboxylic acids is 1. The lowest BCUT2D eigenvalue weighted by Gasteiger charge is -2.19. The Morgan fingerprint density at radius 2 is 2.06 bits per heavy atom. The molecule has 0 saturated carbocycles. The SMILES string of the molecule is C=C(CCC)N(C=O)CSc1ccc(C)cc1. The van der Waals surface area contributed by atoms with Gasteiger partial charge in [-0.25, -0.2) is 0 Å². The maximum atomic E-state index is 10.9. The number of aryl methyl sites for hydroxylation is 1. The molecule has 1 amide bonds. The van der Waals surface area contributed by atoms with Crippen molar-refractivity contribution in [2.75, 3.05) is 5.88 Å². The summed E-state index contributed by atoms with van der Waals surface area (Å²) in [6.07, 6.45) is 2.74. The molecule has 3 heteroatoms. The molecule has 0 aliphatic rings. The molecule has 0 N–H and O–H groups in total. The summed E-state index contributed by atoms with van der Waals surface area (Å²) >= 11 is 1.65. The number of benzene rings is 1. The number of thioether (sulfide) groups is 1. The van der Waals surface area contributed by atoms with Gasteiger partial charge in [0.25, 0.3) is 0 Å². The van der Waals surface area contributed by atoms with E-state index in [9.17, 15) is 4.79 Å². The van der Waals surface area contributed by atoms with Crippen LogP contribution in [0.15, 0.2) is 41.4 Å². The molecule has 1 aromatic carbocycles. The first-order valence-electron chi connectivity index (χ1n) is 5.76. The summed E-state index contributed by atoms with van der Waals surface area (Å²) in [5.74, 6) is 0.630. The van der Waals surface area contributed by atoms with Crippen LogP contribution in [0, 0.1) is 6.92 Å². The Balaban J connectivity index is 2.50. The molecule has 0 atom stereocenters. The lowest BCUT2D eigenvalue weighted by molar-refractivity contribution is -0.115. The highest BCUT2D eigenvalue weighted by Crippen LogP contribution is 2.21. The summed E-state index contributed by atoms with van der Waals surface area (Å²) < 4.78 is 0. The maximum Gasteiger partial charge on any atom is 0.214 e. The van der Waals surface area contributed by atoms with Gasteiger partial charge in [0.2, 0.25) is 6.41 Å². The molecule has 0 spiro atoms. The first-order chi connectivity index (χ1) is 8.17.